The topological polar surface area (TPSA) is 49.4 Å². The molecule has 4 nitrogen and oxygen atoms in total. The van der Waals surface area contributed by atoms with Gasteiger partial charge < -0.3 is 10.2 Å². The largest absolute Gasteiger partial charge is 0.350 e. The molecular formula is C22H25Cl3N2O2. The molecule has 0 fully saturated rings. The van der Waals surface area contributed by atoms with Crippen molar-refractivity contribution in [1.82, 2.24) is 10.2 Å². The summed E-state index contributed by atoms with van der Waals surface area (Å²) in [6.45, 7) is 7.66. The number of amides is 2. The molecule has 0 radical (unpaired) electrons. The molecule has 0 aliphatic heterocycles. The molecule has 2 aromatic rings. The third-order valence-corrected chi connectivity index (χ3v) is 5.09. The Bertz CT molecular complexity index is 894. The van der Waals surface area contributed by atoms with Crippen LogP contribution in [0, 0.1) is 0 Å². The van der Waals surface area contributed by atoms with Gasteiger partial charge in [-0.1, -0.05) is 53.0 Å². The van der Waals surface area contributed by atoms with Crippen molar-refractivity contribution < 1.29 is 9.59 Å². The van der Waals surface area contributed by atoms with Gasteiger partial charge in [-0.05, 0) is 63.1 Å². The van der Waals surface area contributed by atoms with Crippen LogP contribution in [0.1, 0.15) is 38.8 Å². The maximum atomic E-state index is 13.2. The van der Waals surface area contributed by atoms with Crippen LogP contribution in [0.25, 0.3) is 0 Å². The Morgan fingerprint density at radius 3 is 2.28 bits per heavy atom. The van der Waals surface area contributed by atoms with Crippen molar-refractivity contribution >= 4 is 46.6 Å². The van der Waals surface area contributed by atoms with Crippen LogP contribution in [0.15, 0.2) is 42.5 Å². The van der Waals surface area contributed by atoms with E-state index in [0.717, 1.165) is 5.56 Å². The van der Waals surface area contributed by atoms with E-state index in [1.165, 1.54) is 4.90 Å². The Morgan fingerprint density at radius 2 is 1.69 bits per heavy atom. The smallest absolute Gasteiger partial charge is 0.242 e. The molecule has 0 spiro atoms. The Balaban J connectivity index is 2.29. The van der Waals surface area contributed by atoms with E-state index in [1.807, 2.05) is 32.9 Å². The summed E-state index contributed by atoms with van der Waals surface area (Å²) in [5.74, 6) is -0.444. The van der Waals surface area contributed by atoms with E-state index in [-0.39, 0.29) is 24.8 Å². The van der Waals surface area contributed by atoms with Gasteiger partial charge in [0.1, 0.15) is 6.04 Å². The van der Waals surface area contributed by atoms with Crippen molar-refractivity contribution in [2.45, 2.75) is 52.2 Å². The van der Waals surface area contributed by atoms with E-state index in [4.69, 9.17) is 34.8 Å². The molecular weight excluding hydrogens is 431 g/mol. The third kappa shape index (κ3) is 7.22. The highest BCUT2D eigenvalue weighted by atomic mass is 35.5. The van der Waals surface area contributed by atoms with Gasteiger partial charge in [-0.15, -0.1) is 0 Å². The Hall–Kier alpha value is -1.75. The van der Waals surface area contributed by atoms with Gasteiger partial charge in [-0.2, -0.15) is 0 Å². The number of rotatable bonds is 6. The highest BCUT2D eigenvalue weighted by Gasteiger charge is 2.28. The molecule has 0 aromatic heterocycles. The highest BCUT2D eigenvalue weighted by molar-refractivity contribution is 6.35. The van der Waals surface area contributed by atoms with Gasteiger partial charge in [0.15, 0.2) is 0 Å². The van der Waals surface area contributed by atoms with Crippen molar-refractivity contribution in [3.63, 3.8) is 0 Å². The molecule has 7 heteroatoms. The lowest BCUT2D eigenvalue weighted by Gasteiger charge is -2.31. The lowest BCUT2D eigenvalue weighted by Crippen LogP contribution is -2.52. The molecule has 0 unspecified atom stereocenters. The zero-order valence-electron chi connectivity index (χ0n) is 16.9. The van der Waals surface area contributed by atoms with Gasteiger partial charge in [0.25, 0.3) is 0 Å². The number of nitrogens with zero attached hydrogens (tertiary/aromatic N) is 1. The maximum Gasteiger partial charge on any atom is 0.242 e. The van der Waals surface area contributed by atoms with Crippen LogP contribution >= 0.6 is 34.8 Å². The monoisotopic (exact) mass is 454 g/mol. The number of halogens is 3. The summed E-state index contributed by atoms with van der Waals surface area (Å²) in [5.41, 5.74) is 1.08. The molecule has 0 saturated carbocycles. The van der Waals surface area contributed by atoms with Crippen molar-refractivity contribution in [1.29, 1.82) is 0 Å². The van der Waals surface area contributed by atoms with Crippen LogP contribution in [0.3, 0.4) is 0 Å². The number of carbonyl (C=O) groups excluding carboxylic acids is 2. The van der Waals surface area contributed by atoms with E-state index in [9.17, 15) is 9.59 Å². The molecule has 0 heterocycles. The lowest BCUT2D eigenvalue weighted by molar-refractivity contribution is -0.140. The van der Waals surface area contributed by atoms with Crippen LogP contribution in [0.2, 0.25) is 15.1 Å². The molecule has 2 rings (SSSR count). The van der Waals surface area contributed by atoms with Gasteiger partial charge >= 0.3 is 0 Å². The van der Waals surface area contributed by atoms with Crippen molar-refractivity contribution in [3.8, 4) is 0 Å². The predicted molar refractivity (Wildman–Crippen MR) is 120 cm³/mol. The van der Waals surface area contributed by atoms with Crippen LogP contribution in [0.5, 0.6) is 0 Å². The molecule has 0 aliphatic rings. The SMILES string of the molecule is C[C@H](C(=O)NC(C)(C)C)N(Cc1cccc(Cl)c1)C(=O)Cc1ccc(Cl)cc1Cl. The van der Waals surface area contributed by atoms with Gasteiger partial charge in [0, 0.05) is 27.2 Å². The average molecular weight is 456 g/mol. The molecule has 1 atom stereocenters. The first kappa shape index (κ1) is 23.5. The maximum absolute atomic E-state index is 13.2. The van der Waals surface area contributed by atoms with E-state index < -0.39 is 11.6 Å². The fraction of sp³-hybridized carbons (Fsp3) is 0.364. The van der Waals surface area contributed by atoms with E-state index in [2.05, 4.69) is 5.32 Å². The molecule has 1 N–H and O–H groups in total. The summed E-state index contributed by atoms with van der Waals surface area (Å²) in [6, 6.07) is 11.6. The zero-order valence-corrected chi connectivity index (χ0v) is 19.2. The van der Waals surface area contributed by atoms with Gasteiger partial charge in [-0.3, -0.25) is 9.59 Å². The second kappa shape index (κ2) is 9.84. The third-order valence-electron chi connectivity index (χ3n) is 4.26. The summed E-state index contributed by atoms with van der Waals surface area (Å²) in [5, 5.41) is 4.42. The molecule has 0 bridgehead atoms. The second-order valence-corrected chi connectivity index (χ2v) is 9.26. The zero-order chi connectivity index (χ0) is 21.8. The normalized spacial score (nSPS) is 12.4. The standard InChI is InChI=1S/C22H25Cl3N2O2/c1-14(21(29)26-22(2,3)4)27(13-15-6-5-7-17(23)10-15)20(28)11-16-8-9-18(24)12-19(16)25/h5-10,12,14H,11,13H2,1-4H3,(H,26,29)/t14-/m1/s1. The molecule has 0 aliphatic carbocycles. The van der Waals surface area contributed by atoms with Gasteiger partial charge in [0.05, 0.1) is 6.42 Å². The average Bonchev–Trinajstić information content (AvgIpc) is 2.60. The van der Waals surface area contributed by atoms with Crippen molar-refractivity contribution in [3.05, 3.63) is 68.7 Å². The fourth-order valence-corrected chi connectivity index (χ4v) is 3.51. The lowest BCUT2D eigenvalue weighted by atomic mass is 10.1. The van der Waals surface area contributed by atoms with Crippen LogP contribution in [0.4, 0.5) is 0 Å². The first-order valence-electron chi connectivity index (χ1n) is 9.26. The number of nitrogens with one attached hydrogen (secondary N) is 1. The molecule has 2 amide bonds. The van der Waals surface area contributed by atoms with Crippen molar-refractivity contribution in [2.75, 3.05) is 0 Å². The summed E-state index contributed by atoms with van der Waals surface area (Å²) < 4.78 is 0. The minimum Gasteiger partial charge on any atom is -0.350 e. The van der Waals surface area contributed by atoms with Crippen LogP contribution in [-0.2, 0) is 22.6 Å². The minimum atomic E-state index is -0.674. The number of hydrogen-bond donors (Lipinski definition) is 1. The first-order chi connectivity index (χ1) is 13.5. The Kier molecular flexibility index (Phi) is 7.98. The Labute approximate surface area is 187 Å². The predicted octanol–water partition coefficient (Wildman–Crippen LogP) is 5.52. The fourth-order valence-electron chi connectivity index (χ4n) is 2.82. The molecule has 156 valence electrons. The summed E-state index contributed by atoms with van der Waals surface area (Å²) >= 11 is 18.3. The minimum absolute atomic E-state index is 0.0592. The number of carbonyl (C=O) groups is 2. The Morgan fingerprint density at radius 1 is 1.03 bits per heavy atom. The quantitative estimate of drug-likeness (QED) is 0.623. The van der Waals surface area contributed by atoms with Crippen LogP contribution in [-0.4, -0.2) is 28.3 Å². The van der Waals surface area contributed by atoms with E-state index in [1.54, 1.807) is 37.3 Å². The highest BCUT2D eigenvalue weighted by Crippen LogP contribution is 2.23. The van der Waals surface area contributed by atoms with E-state index in [0.29, 0.717) is 20.6 Å². The molecule has 0 saturated heterocycles. The molecule has 2 aromatic carbocycles. The van der Waals surface area contributed by atoms with Gasteiger partial charge in [-0.25, -0.2) is 0 Å². The van der Waals surface area contributed by atoms with Gasteiger partial charge in [0.2, 0.25) is 11.8 Å². The number of hydrogen-bond acceptors (Lipinski definition) is 2. The van der Waals surface area contributed by atoms with Crippen molar-refractivity contribution in [2.24, 2.45) is 0 Å². The summed E-state index contributed by atoms with van der Waals surface area (Å²) in [4.78, 5) is 27.5. The first-order valence-corrected chi connectivity index (χ1v) is 10.4. The number of benzene rings is 2. The summed E-state index contributed by atoms with van der Waals surface area (Å²) in [7, 11) is 0. The second-order valence-electron chi connectivity index (χ2n) is 7.98. The van der Waals surface area contributed by atoms with E-state index >= 15 is 0 Å². The van der Waals surface area contributed by atoms with Crippen LogP contribution < -0.4 is 5.32 Å². The molecule has 29 heavy (non-hydrogen) atoms. The summed E-state index contributed by atoms with van der Waals surface area (Å²) in [6.07, 6.45) is 0.0592.